The van der Waals surface area contributed by atoms with Gasteiger partial charge in [-0.15, -0.1) is 0 Å². The fraction of sp³-hybridized carbons (Fsp3) is 0.409. The fourth-order valence-electron chi connectivity index (χ4n) is 3.83. The van der Waals surface area contributed by atoms with E-state index >= 15 is 0 Å². The molecule has 1 amide bonds. The Balaban J connectivity index is 1.40. The SMILES string of the molecule is O=C(c1ccc(-c2ccccc2)cc1F)N1CCC(NC2CCC2)CC1. The van der Waals surface area contributed by atoms with Gasteiger partial charge in [0.1, 0.15) is 5.82 Å². The minimum absolute atomic E-state index is 0.176. The molecular weight excluding hydrogens is 327 g/mol. The summed E-state index contributed by atoms with van der Waals surface area (Å²) in [5, 5.41) is 3.68. The van der Waals surface area contributed by atoms with E-state index in [1.54, 1.807) is 11.0 Å². The Morgan fingerprint density at radius 3 is 2.23 bits per heavy atom. The first kappa shape index (κ1) is 17.2. The van der Waals surface area contributed by atoms with Gasteiger partial charge in [0.25, 0.3) is 5.91 Å². The van der Waals surface area contributed by atoms with Gasteiger partial charge < -0.3 is 10.2 Å². The summed E-state index contributed by atoms with van der Waals surface area (Å²) >= 11 is 0. The number of carbonyl (C=O) groups is 1. The first-order chi connectivity index (χ1) is 12.7. The molecule has 0 bridgehead atoms. The van der Waals surface area contributed by atoms with Gasteiger partial charge in [-0.3, -0.25) is 4.79 Å². The van der Waals surface area contributed by atoms with Crippen molar-refractivity contribution in [2.24, 2.45) is 0 Å². The summed E-state index contributed by atoms with van der Waals surface area (Å²) in [4.78, 5) is 14.5. The van der Waals surface area contributed by atoms with E-state index in [9.17, 15) is 9.18 Å². The minimum Gasteiger partial charge on any atom is -0.338 e. The molecule has 136 valence electrons. The third-order valence-electron chi connectivity index (χ3n) is 5.67. The molecule has 2 fully saturated rings. The third kappa shape index (κ3) is 3.65. The van der Waals surface area contributed by atoms with E-state index in [1.807, 2.05) is 36.4 Å². The van der Waals surface area contributed by atoms with Gasteiger partial charge in [0.05, 0.1) is 5.56 Å². The zero-order valence-corrected chi connectivity index (χ0v) is 15.0. The van der Waals surface area contributed by atoms with Crippen molar-refractivity contribution < 1.29 is 9.18 Å². The molecule has 0 spiro atoms. The van der Waals surface area contributed by atoms with Crippen molar-refractivity contribution in [1.29, 1.82) is 0 Å². The summed E-state index contributed by atoms with van der Waals surface area (Å²) in [5.74, 6) is -0.629. The van der Waals surface area contributed by atoms with Crippen LogP contribution < -0.4 is 5.32 Å². The van der Waals surface area contributed by atoms with E-state index in [2.05, 4.69) is 5.32 Å². The molecule has 2 aliphatic rings. The van der Waals surface area contributed by atoms with E-state index in [4.69, 9.17) is 0 Å². The average Bonchev–Trinajstić information content (AvgIpc) is 2.65. The van der Waals surface area contributed by atoms with E-state index in [0.29, 0.717) is 25.2 Å². The van der Waals surface area contributed by atoms with Gasteiger partial charge in [-0.2, -0.15) is 0 Å². The van der Waals surface area contributed by atoms with Crippen LogP contribution in [0.2, 0.25) is 0 Å². The van der Waals surface area contributed by atoms with Crippen molar-refractivity contribution in [1.82, 2.24) is 10.2 Å². The summed E-state index contributed by atoms with van der Waals surface area (Å²) in [5.41, 5.74) is 1.92. The molecule has 0 atom stereocenters. The monoisotopic (exact) mass is 352 g/mol. The summed E-state index contributed by atoms with van der Waals surface area (Å²) in [6.07, 6.45) is 5.78. The Bertz CT molecular complexity index is 765. The third-order valence-corrected chi connectivity index (χ3v) is 5.67. The van der Waals surface area contributed by atoms with Gasteiger partial charge in [0.2, 0.25) is 0 Å². The number of piperidine rings is 1. The highest BCUT2D eigenvalue weighted by Gasteiger charge is 2.28. The van der Waals surface area contributed by atoms with Crippen molar-refractivity contribution in [3.63, 3.8) is 0 Å². The second-order valence-corrected chi connectivity index (χ2v) is 7.42. The number of nitrogens with one attached hydrogen (secondary N) is 1. The number of hydrogen-bond donors (Lipinski definition) is 1. The predicted octanol–water partition coefficient (Wildman–Crippen LogP) is 4.24. The number of carbonyl (C=O) groups excluding carboxylic acids is 1. The highest BCUT2D eigenvalue weighted by Crippen LogP contribution is 2.24. The van der Waals surface area contributed by atoms with Crippen LogP contribution in [0.15, 0.2) is 48.5 Å². The lowest BCUT2D eigenvalue weighted by Crippen LogP contribution is -2.49. The van der Waals surface area contributed by atoms with Crippen molar-refractivity contribution in [3.05, 3.63) is 59.9 Å². The van der Waals surface area contributed by atoms with Crippen LogP contribution in [0, 0.1) is 5.82 Å². The normalized spacial score (nSPS) is 18.6. The quantitative estimate of drug-likeness (QED) is 0.893. The standard InChI is InChI=1S/C22H25FN2O/c23-21-15-17(16-5-2-1-3-6-16)9-10-20(21)22(26)25-13-11-19(12-14-25)24-18-7-4-8-18/h1-3,5-6,9-10,15,18-19,24H,4,7-8,11-14H2. The smallest absolute Gasteiger partial charge is 0.256 e. The molecule has 26 heavy (non-hydrogen) atoms. The predicted molar refractivity (Wildman–Crippen MR) is 102 cm³/mol. The molecular formula is C22H25FN2O. The summed E-state index contributed by atoms with van der Waals surface area (Å²) in [6, 6.07) is 15.7. The van der Waals surface area contributed by atoms with E-state index < -0.39 is 5.82 Å². The lowest BCUT2D eigenvalue weighted by atomic mass is 9.91. The van der Waals surface area contributed by atoms with Gasteiger partial charge in [-0.05, 0) is 48.9 Å². The van der Waals surface area contributed by atoms with Crippen molar-refractivity contribution in [3.8, 4) is 11.1 Å². The van der Waals surface area contributed by atoms with Crippen LogP contribution in [-0.4, -0.2) is 36.0 Å². The molecule has 1 aliphatic carbocycles. The van der Waals surface area contributed by atoms with Crippen LogP contribution in [0.25, 0.3) is 11.1 Å². The Labute approximate surface area is 154 Å². The van der Waals surface area contributed by atoms with Crippen LogP contribution in [0.5, 0.6) is 0 Å². The van der Waals surface area contributed by atoms with Crippen LogP contribution in [0.3, 0.4) is 0 Å². The zero-order chi connectivity index (χ0) is 17.9. The molecule has 1 heterocycles. The number of nitrogens with zero attached hydrogens (tertiary/aromatic N) is 1. The molecule has 2 aromatic carbocycles. The topological polar surface area (TPSA) is 32.3 Å². The molecule has 4 rings (SSSR count). The molecule has 2 aromatic rings. The molecule has 1 saturated carbocycles. The van der Waals surface area contributed by atoms with Crippen LogP contribution in [0.4, 0.5) is 4.39 Å². The molecule has 1 aliphatic heterocycles. The van der Waals surface area contributed by atoms with Crippen LogP contribution >= 0.6 is 0 Å². The number of rotatable bonds is 4. The second kappa shape index (κ2) is 7.58. The van der Waals surface area contributed by atoms with Crippen molar-refractivity contribution in [2.45, 2.75) is 44.2 Å². The first-order valence-electron chi connectivity index (χ1n) is 9.61. The van der Waals surface area contributed by atoms with Crippen molar-refractivity contribution in [2.75, 3.05) is 13.1 Å². The molecule has 0 aromatic heterocycles. The summed E-state index contributed by atoms with van der Waals surface area (Å²) < 4.78 is 14.6. The Morgan fingerprint density at radius 1 is 0.923 bits per heavy atom. The number of halogens is 1. The lowest BCUT2D eigenvalue weighted by Gasteiger charge is -2.37. The fourth-order valence-corrected chi connectivity index (χ4v) is 3.83. The maximum absolute atomic E-state index is 14.6. The Kier molecular flexibility index (Phi) is 5.02. The first-order valence-corrected chi connectivity index (χ1v) is 9.61. The second-order valence-electron chi connectivity index (χ2n) is 7.42. The highest BCUT2D eigenvalue weighted by molar-refractivity contribution is 5.95. The van der Waals surface area contributed by atoms with Gasteiger partial charge in [-0.25, -0.2) is 4.39 Å². The molecule has 1 N–H and O–H groups in total. The molecule has 0 radical (unpaired) electrons. The van der Waals surface area contributed by atoms with Gasteiger partial charge >= 0.3 is 0 Å². The number of hydrogen-bond acceptors (Lipinski definition) is 2. The van der Waals surface area contributed by atoms with Crippen LogP contribution in [-0.2, 0) is 0 Å². The molecule has 4 heteroatoms. The van der Waals surface area contributed by atoms with Gasteiger partial charge in [-0.1, -0.05) is 42.8 Å². The number of likely N-dealkylation sites (tertiary alicyclic amines) is 1. The molecule has 0 unspecified atom stereocenters. The number of benzene rings is 2. The average molecular weight is 352 g/mol. The minimum atomic E-state index is -0.439. The van der Waals surface area contributed by atoms with Crippen LogP contribution in [0.1, 0.15) is 42.5 Å². The summed E-state index contributed by atoms with van der Waals surface area (Å²) in [7, 11) is 0. The van der Waals surface area contributed by atoms with E-state index in [-0.39, 0.29) is 11.5 Å². The van der Waals surface area contributed by atoms with Gasteiger partial charge in [0.15, 0.2) is 0 Å². The highest BCUT2D eigenvalue weighted by atomic mass is 19.1. The van der Waals surface area contributed by atoms with Crippen molar-refractivity contribution >= 4 is 5.91 Å². The zero-order valence-electron chi connectivity index (χ0n) is 15.0. The van der Waals surface area contributed by atoms with Gasteiger partial charge in [0, 0.05) is 25.2 Å². The Hall–Kier alpha value is -2.20. The Morgan fingerprint density at radius 2 is 1.62 bits per heavy atom. The van der Waals surface area contributed by atoms with E-state index in [0.717, 1.165) is 24.0 Å². The number of amides is 1. The molecule has 1 saturated heterocycles. The maximum atomic E-state index is 14.6. The van der Waals surface area contributed by atoms with E-state index in [1.165, 1.54) is 25.3 Å². The largest absolute Gasteiger partial charge is 0.338 e. The summed E-state index contributed by atoms with van der Waals surface area (Å²) in [6.45, 7) is 1.40. The molecule has 3 nitrogen and oxygen atoms in total. The maximum Gasteiger partial charge on any atom is 0.256 e. The lowest BCUT2D eigenvalue weighted by molar-refractivity contribution is 0.0692.